The summed E-state index contributed by atoms with van der Waals surface area (Å²) in [7, 11) is -3.62. The summed E-state index contributed by atoms with van der Waals surface area (Å²) < 4.78 is 27.1. The third-order valence-electron chi connectivity index (χ3n) is 3.82. The number of amides is 1. The number of fused-ring (bicyclic) bond motifs is 1. The maximum absolute atomic E-state index is 12.9. The Hall–Kier alpha value is -2.34. The second-order valence-corrected chi connectivity index (χ2v) is 7.19. The molecular formula is C16H16N2O3S. The molecule has 2 aromatic carbocycles. The zero-order valence-electron chi connectivity index (χ0n) is 12.1. The Morgan fingerprint density at radius 3 is 2.50 bits per heavy atom. The highest BCUT2D eigenvalue weighted by Crippen LogP contribution is 2.37. The summed E-state index contributed by atoms with van der Waals surface area (Å²) in [4.78, 5) is 11.5. The van der Waals surface area contributed by atoms with Crippen LogP contribution >= 0.6 is 0 Å². The maximum Gasteiger partial charge on any atom is 0.264 e. The van der Waals surface area contributed by atoms with Gasteiger partial charge in [0, 0.05) is 11.6 Å². The van der Waals surface area contributed by atoms with E-state index in [1.807, 2.05) is 6.92 Å². The van der Waals surface area contributed by atoms with E-state index in [-0.39, 0.29) is 10.9 Å². The number of rotatable bonds is 3. The van der Waals surface area contributed by atoms with Gasteiger partial charge in [0.15, 0.2) is 0 Å². The van der Waals surface area contributed by atoms with Gasteiger partial charge in [-0.1, -0.05) is 18.2 Å². The first kappa shape index (κ1) is 14.6. The summed E-state index contributed by atoms with van der Waals surface area (Å²) >= 11 is 0. The fraction of sp³-hybridized carbons (Fsp3) is 0.188. The molecule has 0 bridgehead atoms. The molecule has 2 aromatic rings. The first-order chi connectivity index (χ1) is 10.4. The van der Waals surface area contributed by atoms with E-state index in [1.54, 1.807) is 48.5 Å². The van der Waals surface area contributed by atoms with E-state index >= 15 is 0 Å². The van der Waals surface area contributed by atoms with Crippen molar-refractivity contribution in [1.29, 1.82) is 0 Å². The molecule has 5 nitrogen and oxygen atoms in total. The zero-order chi connectivity index (χ0) is 15.9. The van der Waals surface area contributed by atoms with Crippen LogP contribution < -0.4 is 10.0 Å². The Morgan fingerprint density at radius 1 is 1.18 bits per heavy atom. The Kier molecular flexibility index (Phi) is 3.41. The largest absolute Gasteiger partial charge is 0.366 e. The van der Waals surface area contributed by atoms with Crippen LogP contribution in [0.25, 0.3) is 0 Å². The van der Waals surface area contributed by atoms with Crippen molar-refractivity contribution in [2.24, 2.45) is 5.73 Å². The second-order valence-electron chi connectivity index (χ2n) is 5.37. The van der Waals surface area contributed by atoms with Gasteiger partial charge < -0.3 is 5.73 Å². The van der Waals surface area contributed by atoms with Crippen LogP contribution in [0.2, 0.25) is 0 Å². The molecule has 1 unspecified atom stereocenters. The van der Waals surface area contributed by atoms with Gasteiger partial charge >= 0.3 is 0 Å². The van der Waals surface area contributed by atoms with Crippen LogP contribution in [0.1, 0.15) is 22.8 Å². The van der Waals surface area contributed by atoms with Gasteiger partial charge in [0.2, 0.25) is 5.91 Å². The summed E-state index contributed by atoms with van der Waals surface area (Å²) in [6.45, 7) is 1.85. The molecule has 0 spiro atoms. The van der Waals surface area contributed by atoms with Crippen LogP contribution in [0.5, 0.6) is 0 Å². The van der Waals surface area contributed by atoms with Crippen molar-refractivity contribution in [3.63, 3.8) is 0 Å². The predicted octanol–water partition coefficient (Wildman–Crippen LogP) is 1.93. The Morgan fingerprint density at radius 2 is 1.86 bits per heavy atom. The van der Waals surface area contributed by atoms with Gasteiger partial charge in [0.25, 0.3) is 10.0 Å². The molecule has 3 rings (SSSR count). The summed E-state index contributed by atoms with van der Waals surface area (Å²) in [5.74, 6) is -0.514. The number of hydrogen-bond donors (Lipinski definition) is 1. The Bertz CT molecular complexity index is 832. The molecule has 22 heavy (non-hydrogen) atoms. The quantitative estimate of drug-likeness (QED) is 0.939. The van der Waals surface area contributed by atoms with Gasteiger partial charge in [-0.15, -0.1) is 0 Å². The van der Waals surface area contributed by atoms with E-state index in [4.69, 9.17) is 5.73 Å². The molecule has 0 radical (unpaired) electrons. The number of carbonyl (C=O) groups is 1. The molecule has 0 saturated carbocycles. The average Bonchev–Trinajstić information content (AvgIpc) is 2.83. The number of anilines is 1. The second kappa shape index (κ2) is 5.14. The van der Waals surface area contributed by atoms with Crippen molar-refractivity contribution in [3.8, 4) is 0 Å². The van der Waals surface area contributed by atoms with Crippen molar-refractivity contribution in [2.75, 3.05) is 4.31 Å². The predicted molar refractivity (Wildman–Crippen MR) is 84.2 cm³/mol. The lowest BCUT2D eigenvalue weighted by Crippen LogP contribution is -2.35. The Balaban J connectivity index is 2.09. The van der Waals surface area contributed by atoms with E-state index in [0.717, 1.165) is 5.56 Å². The highest BCUT2D eigenvalue weighted by atomic mass is 32.2. The smallest absolute Gasteiger partial charge is 0.264 e. The van der Waals surface area contributed by atoms with Crippen molar-refractivity contribution in [3.05, 3.63) is 59.7 Å². The third-order valence-corrected chi connectivity index (χ3v) is 5.76. The molecule has 114 valence electrons. The summed E-state index contributed by atoms with van der Waals surface area (Å²) in [6.07, 6.45) is 0.558. The molecule has 1 atom stereocenters. The van der Waals surface area contributed by atoms with Gasteiger partial charge in [-0.05, 0) is 49.2 Å². The van der Waals surface area contributed by atoms with Crippen molar-refractivity contribution >= 4 is 21.6 Å². The number of nitrogens with two attached hydrogens (primary N) is 1. The summed E-state index contributed by atoms with van der Waals surface area (Å²) in [5.41, 5.74) is 7.11. The van der Waals surface area contributed by atoms with Crippen LogP contribution in [-0.4, -0.2) is 20.4 Å². The molecular weight excluding hydrogens is 300 g/mol. The zero-order valence-corrected chi connectivity index (χ0v) is 12.9. The van der Waals surface area contributed by atoms with Gasteiger partial charge in [-0.3, -0.25) is 9.10 Å². The third kappa shape index (κ3) is 2.25. The molecule has 0 saturated heterocycles. The first-order valence-electron chi connectivity index (χ1n) is 6.93. The minimum absolute atomic E-state index is 0.205. The van der Waals surface area contributed by atoms with Crippen molar-refractivity contribution < 1.29 is 13.2 Å². The van der Waals surface area contributed by atoms with Crippen LogP contribution in [0.4, 0.5) is 5.69 Å². The molecule has 6 heteroatoms. The number of sulfonamides is 1. The molecule has 0 aromatic heterocycles. The normalized spacial score (nSPS) is 17.3. The van der Waals surface area contributed by atoms with Crippen LogP contribution in [0.15, 0.2) is 53.4 Å². The lowest BCUT2D eigenvalue weighted by molar-refractivity contribution is 0.1000. The van der Waals surface area contributed by atoms with E-state index in [9.17, 15) is 13.2 Å². The molecule has 0 fully saturated rings. The van der Waals surface area contributed by atoms with E-state index in [1.165, 1.54) is 4.31 Å². The number of benzene rings is 2. The standard InChI is InChI=1S/C16H16N2O3S/c1-11-9-13-10-12(16(17)19)7-8-15(13)18(11)22(20,21)14-5-3-2-4-6-14/h2-8,10-11H,9H2,1H3,(H2,17,19). The lowest BCUT2D eigenvalue weighted by atomic mass is 10.1. The number of primary amides is 1. The fourth-order valence-corrected chi connectivity index (χ4v) is 4.54. The minimum Gasteiger partial charge on any atom is -0.366 e. The number of nitrogens with zero attached hydrogens (tertiary/aromatic N) is 1. The molecule has 1 heterocycles. The number of carbonyl (C=O) groups excluding carboxylic acids is 1. The van der Waals surface area contributed by atoms with E-state index in [2.05, 4.69) is 0 Å². The van der Waals surface area contributed by atoms with Crippen LogP contribution in [0, 0.1) is 0 Å². The molecule has 1 amide bonds. The fourth-order valence-electron chi connectivity index (χ4n) is 2.83. The van der Waals surface area contributed by atoms with E-state index < -0.39 is 15.9 Å². The van der Waals surface area contributed by atoms with Gasteiger partial charge in [0.1, 0.15) is 0 Å². The topological polar surface area (TPSA) is 80.5 Å². The summed E-state index contributed by atoms with van der Waals surface area (Å²) in [5, 5.41) is 0. The monoisotopic (exact) mass is 316 g/mol. The summed E-state index contributed by atoms with van der Waals surface area (Å²) in [6, 6.07) is 13.0. The SMILES string of the molecule is CC1Cc2cc(C(N)=O)ccc2N1S(=O)(=O)c1ccccc1. The van der Waals surface area contributed by atoms with Crippen molar-refractivity contribution in [2.45, 2.75) is 24.3 Å². The molecule has 1 aliphatic heterocycles. The molecule has 0 aliphatic carbocycles. The molecule has 2 N–H and O–H groups in total. The van der Waals surface area contributed by atoms with Crippen molar-refractivity contribution in [1.82, 2.24) is 0 Å². The van der Waals surface area contributed by atoms with Crippen LogP contribution in [0.3, 0.4) is 0 Å². The average molecular weight is 316 g/mol. The van der Waals surface area contributed by atoms with Gasteiger partial charge in [-0.25, -0.2) is 8.42 Å². The minimum atomic E-state index is -3.62. The Labute approximate surface area is 129 Å². The molecule has 1 aliphatic rings. The number of hydrogen-bond acceptors (Lipinski definition) is 3. The van der Waals surface area contributed by atoms with E-state index in [0.29, 0.717) is 17.7 Å². The van der Waals surface area contributed by atoms with Gasteiger partial charge in [-0.2, -0.15) is 0 Å². The highest BCUT2D eigenvalue weighted by Gasteiger charge is 2.36. The van der Waals surface area contributed by atoms with Gasteiger partial charge in [0.05, 0.1) is 10.6 Å². The highest BCUT2D eigenvalue weighted by molar-refractivity contribution is 7.92. The maximum atomic E-state index is 12.9. The first-order valence-corrected chi connectivity index (χ1v) is 8.37. The lowest BCUT2D eigenvalue weighted by Gasteiger charge is -2.24. The van der Waals surface area contributed by atoms with Crippen LogP contribution in [-0.2, 0) is 16.4 Å².